The number of carbonyl (C=O) groups is 3. The molecule has 0 radical (unpaired) electrons. The van der Waals surface area contributed by atoms with Gasteiger partial charge in [-0.25, -0.2) is 0 Å². The second-order valence-electron chi connectivity index (χ2n) is 9.79. The number of benzene rings is 3. The molecule has 0 saturated carbocycles. The highest BCUT2D eigenvalue weighted by molar-refractivity contribution is 6.51. The average Bonchev–Trinajstić information content (AvgIpc) is 3.13. The number of methoxy groups -OCH3 is 1. The van der Waals surface area contributed by atoms with Crippen molar-refractivity contribution in [3.05, 3.63) is 94.1 Å². The first-order valence-corrected chi connectivity index (χ1v) is 12.4. The molecular formula is C31H31NO6. The van der Waals surface area contributed by atoms with Gasteiger partial charge in [0.15, 0.2) is 0 Å². The van der Waals surface area contributed by atoms with Crippen molar-refractivity contribution in [3.8, 4) is 11.5 Å². The zero-order chi connectivity index (χ0) is 27.7. The lowest BCUT2D eigenvalue weighted by Crippen LogP contribution is -2.29. The van der Waals surface area contributed by atoms with Gasteiger partial charge >= 0.3 is 5.97 Å². The van der Waals surface area contributed by atoms with Crippen molar-refractivity contribution in [1.29, 1.82) is 0 Å². The number of esters is 1. The number of Topliss-reactive ketones (excluding diaryl/α,β-unsaturated/α-hetero) is 1. The fourth-order valence-electron chi connectivity index (χ4n) is 4.88. The smallest absolute Gasteiger partial charge is 0.308 e. The molecule has 0 aliphatic carbocycles. The molecule has 0 bridgehead atoms. The van der Waals surface area contributed by atoms with Gasteiger partial charge in [-0.3, -0.25) is 19.3 Å². The molecule has 7 nitrogen and oxygen atoms in total. The van der Waals surface area contributed by atoms with E-state index in [4.69, 9.17) is 9.47 Å². The van der Waals surface area contributed by atoms with Gasteiger partial charge in [-0.05, 0) is 84.5 Å². The summed E-state index contributed by atoms with van der Waals surface area (Å²) in [5, 5.41) is 11.5. The highest BCUT2D eigenvalue weighted by Crippen LogP contribution is 2.43. The Morgan fingerprint density at radius 1 is 0.947 bits per heavy atom. The predicted molar refractivity (Wildman–Crippen MR) is 146 cm³/mol. The number of aliphatic hydroxyl groups excluding tert-OH is 1. The maximum Gasteiger partial charge on any atom is 0.308 e. The van der Waals surface area contributed by atoms with Gasteiger partial charge in [0.1, 0.15) is 17.3 Å². The van der Waals surface area contributed by atoms with Crippen LogP contribution in [0.25, 0.3) is 5.76 Å². The minimum atomic E-state index is -0.896. The number of carbonyl (C=O) groups excluding carboxylic acids is 3. The van der Waals surface area contributed by atoms with Gasteiger partial charge in [-0.1, -0.05) is 32.0 Å². The fourth-order valence-corrected chi connectivity index (χ4v) is 4.88. The van der Waals surface area contributed by atoms with Crippen LogP contribution in [-0.2, 0) is 14.4 Å². The summed E-state index contributed by atoms with van der Waals surface area (Å²) in [5.41, 5.74) is 4.25. The van der Waals surface area contributed by atoms with Crippen LogP contribution in [0.5, 0.6) is 11.5 Å². The molecule has 4 rings (SSSR count). The topological polar surface area (TPSA) is 93.1 Å². The summed E-state index contributed by atoms with van der Waals surface area (Å²) >= 11 is 0. The average molecular weight is 514 g/mol. The van der Waals surface area contributed by atoms with Crippen molar-refractivity contribution >= 4 is 29.1 Å². The molecule has 1 heterocycles. The molecule has 1 saturated heterocycles. The molecule has 1 atom stereocenters. The Labute approximate surface area is 222 Å². The van der Waals surface area contributed by atoms with E-state index in [9.17, 15) is 19.5 Å². The molecule has 196 valence electrons. The first-order valence-electron chi connectivity index (χ1n) is 12.4. The summed E-state index contributed by atoms with van der Waals surface area (Å²) in [6.07, 6.45) is 0. The number of hydrogen-bond acceptors (Lipinski definition) is 6. The number of aliphatic hydroxyl groups is 1. The molecule has 3 aromatic rings. The Bertz CT molecular complexity index is 1430. The highest BCUT2D eigenvalue weighted by Gasteiger charge is 2.47. The highest BCUT2D eigenvalue weighted by atomic mass is 16.5. The lowest BCUT2D eigenvalue weighted by Gasteiger charge is -2.26. The Kier molecular flexibility index (Phi) is 7.39. The van der Waals surface area contributed by atoms with Gasteiger partial charge in [0.05, 0.1) is 18.7 Å². The largest absolute Gasteiger partial charge is 0.507 e. The molecule has 0 spiro atoms. The molecule has 1 unspecified atom stereocenters. The molecular weight excluding hydrogens is 482 g/mol. The van der Waals surface area contributed by atoms with Gasteiger partial charge in [0, 0.05) is 18.2 Å². The van der Waals surface area contributed by atoms with E-state index < -0.39 is 23.7 Å². The van der Waals surface area contributed by atoms with Gasteiger partial charge in [0.25, 0.3) is 11.7 Å². The van der Waals surface area contributed by atoms with Crippen molar-refractivity contribution in [2.45, 2.75) is 46.6 Å². The Balaban J connectivity index is 1.94. The normalized spacial score (nSPS) is 16.7. The molecule has 7 heteroatoms. The summed E-state index contributed by atoms with van der Waals surface area (Å²) in [6.45, 7) is 9.15. The maximum absolute atomic E-state index is 13.5. The van der Waals surface area contributed by atoms with Crippen molar-refractivity contribution in [3.63, 3.8) is 0 Å². The number of nitrogens with zero attached hydrogens (tertiary/aromatic N) is 1. The first-order chi connectivity index (χ1) is 18.0. The molecule has 0 aromatic heterocycles. The summed E-state index contributed by atoms with van der Waals surface area (Å²) in [7, 11) is 1.58. The number of ether oxygens (including phenoxy) is 2. The van der Waals surface area contributed by atoms with E-state index in [0.717, 1.165) is 16.7 Å². The van der Waals surface area contributed by atoms with E-state index in [-0.39, 0.29) is 17.3 Å². The van der Waals surface area contributed by atoms with Crippen LogP contribution in [0.15, 0.2) is 66.2 Å². The third-order valence-corrected chi connectivity index (χ3v) is 6.51. The van der Waals surface area contributed by atoms with Crippen LogP contribution >= 0.6 is 0 Å². The van der Waals surface area contributed by atoms with Crippen LogP contribution < -0.4 is 14.4 Å². The zero-order valence-corrected chi connectivity index (χ0v) is 22.4. The van der Waals surface area contributed by atoms with Crippen LogP contribution in [0.2, 0.25) is 0 Å². The summed E-state index contributed by atoms with van der Waals surface area (Å²) < 4.78 is 10.6. The molecule has 1 N–H and O–H groups in total. The number of hydrogen-bond donors (Lipinski definition) is 1. The van der Waals surface area contributed by atoms with E-state index in [2.05, 4.69) is 0 Å². The number of rotatable bonds is 6. The molecule has 1 aliphatic rings. The van der Waals surface area contributed by atoms with Gasteiger partial charge in [0.2, 0.25) is 0 Å². The van der Waals surface area contributed by atoms with E-state index in [0.29, 0.717) is 28.3 Å². The first kappa shape index (κ1) is 26.7. The molecule has 1 amide bonds. The van der Waals surface area contributed by atoms with Crippen LogP contribution in [0.3, 0.4) is 0 Å². The zero-order valence-electron chi connectivity index (χ0n) is 22.4. The number of ketones is 1. The van der Waals surface area contributed by atoms with Crippen molar-refractivity contribution in [2.24, 2.45) is 0 Å². The second kappa shape index (κ2) is 10.5. The number of anilines is 1. The van der Waals surface area contributed by atoms with Crippen LogP contribution in [0.1, 0.15) is 60.5 Å². The summed E-state index contributed by atoms with van der Waals surface area (Å²) in [5.74, 6) is -1.14. The van der Waals surface area contributed by atoms with E-state index in [1.807, 2.05) is 45.9 Å². The quantitative estimate of drug-likeness (QED) is 0.143. The monoisotopic (exact) mass is 513 g/mol. The lowest BCUT2D eigenvalue weighted by molar-refractivity contribution is -0.132. The van der Waals surface area contributed by atoms with Gasteiger partial charge in [-0.15, -0.1) is 0 Å². The maximum atomic E-state index is 13.5. The van der Waals surface area contributed by atoms with E-state index >= 15 is 0 Å². The van der Waals surface area contributed by atoms with Gasteiger partial charge < -0.3 is 14.6 Å². The summed E-state index contributed by atoms with van der Waals surface area (Å²) in [4.78, 5) is 39.8. The molecule has 1 aliphatic heterocycles. The Morgan fingerprint density at radius 2 is 1.58 bits per heavy atom. The third kappa shape index (κ3) is 5.05. The molecule has 3 aromatic carbocycles. The Hall–Kier alpha value is -4.39. The van der Waals surface area contributed by atoms with Crippen molar-refractivity contribution in [2.75, 3.05) is 12.0 Å². The number of amides is 1. The van der Waals surface area contributed by atoms with Gasteiger partial charge in [-0.2, -0.15) is 0 Å². The van der Waals surface area contributed by atoms with Crippen LogP contribution in [-0.4, -0.2) is 29.9 Å². The standard InChI is InChI=1S/C31H31NO6/c1-17(2)25-16-22(9-12-26(25)37-6)29(34)27-28(21-7-10-24(11-8-21)38-20(5)33)32(31(36)30(27)35)23-14-18(3)13-19(4)15-23/h7-17,28,34H,1-6H3/b29-27-. The minimum absolute atomic E-state index is 0.0192. The van der Waals surface area contributed by atoms with Crippen LogP contribution in [0.4, 0.5) is 5.69 Å². The minimum Gasteiger partial charge on any atom is -0.507 e. The second-order valence-corrected chi connectivity index (χ2v) is 9.79. The lowest BCUT2D eigenvalue weighted by atomic mass is 9.93. The fraction of sp³-hybridized carbons (Fsp3) is 0.258. The molecule has 38 heavy (non-hydrogen) atoms. The van der Waals surface area contributed by atoms with Crippen LogP contribution in [0, 0.1) is 13.8 Å². The van der Waals surface area contributed by atoms with Crippen molar-refractivity contribution < 1.29 is 29.0 Å². The summed E-state index contributed by atoms with van der Waals surface area (Å²) in [6, 6.07) is 16.5. The van der Waals surface area contributed by atoms with E-state index in [1.54, 1.807) is 49.6 Å². The SMILES string of the molecule is COc1ccc(/C(O)=C2/C(=O)C(=O)N(c3cc(C)cc(C)c3)C2c2ccc(OC(C)=O)cc2)cc1C(C)C. The molecule has 1 fully saturated rings. The number of aryl methyl sites for hydroxylation is 2. The van der Waals surface area contributed by atoms with E-state index in [1.165, 1.54) is 11.8 Å². The third-order valence-electron chi connectivity index (χ3n) is 6.51. The Morgan fingerprint density at radius 3 is 2.13 bits per heavy atom. The predicted octanol–water partition coefficient (Wildman–Crippen LogP) is 5.99. The van der Waals surface area contributed by atoms with Crippen molar-refractivity contribution in [1.82, 2.24) is 0 Å².